The van der Waals surface area contributed by atoms with Crippen molar-refractivity contribution in [2.75, 3.05) is 38.7 Å². The number of benzene rings is 2. The van der Waals surface area contributed by atoms with Crippen LogP contribution in [0.1, 0.15) is 29.3 Å². The first-order valence-corrected chi connectivity index (χ1v) is 13.1. The summed E-state index contributed by atoms with van der Waals surface area (Å²) in [5.41, 5.74) is 2.45. The Morgan fingerprint density at radius 1 is 1.03 bits per heavy atom. The van der Waals surface area contributed by atoms with Crippen molar-refractivity contribution in [1.82, 2.24) is 9.80 Å². The molecule has 2 aromatic carbocycles. The van der Waals surface area contributed by atoms with Crippen molar-refractivity contribution in [3.05, 3.63) is 81.8 Å². The van der Waals surface area contributed by atoms with Crippen LogP contribution in [-0.2, 0) is 22.6 Å². The summed E-state index contributed by atoms with van der Waals surface area (Å²) in [5.74, 6) is 0.0273. The molecule has 37 heavy (non-hydrogen) atoms. The number of nitrogens with zero attached hydrogens (tertiary/aromatic N) is 2. The minimum atomic E-state index is -0.398. The van der Waals surface area contributed by atoms with Crippen LogP contribution in [0.5, 0.6) is 5.75 Å². The monoisotopic (exact) mass is 527 g/mol. The van der Waals surface area contributed by atoms with Crippen LogP contribution in [0.25, 0.3) is 0 Å². The Labute approximate surface area is 221 Å². The highest BCUT2D eigenvalue weighted by molar-refractivity contribution is 7.10. The third-order valence-electron chi connectivity index (χ3n) is 5.76. The second kappa shape index (κ2) is 14.3. The Hall–Kier alpha value is -3.43. The number of carbonyl (C=O) groups excluding carboxylic acids is 2. The van der Waals surface area contributed by atoms with Crippen LogP contribution < -0.4 is 10.1 Å². The predicted molar refractivity (Wildman–Crippen MR) is 144 cm³/mol. The number of urea groups is 1. The summed E-state index contributed by atoms with van der Waals surface area (Å²) in [6.45, 7) is 5.73. The van der Waals surface area contributed by atoms with Gasteiger partial charge in [-0.2, -0.15) is 0 Å². The summed E-state index contributed by atoms with van der Waals surface area (Å²) in [6, 6.07) is 14.9. The van der Waals surface area contributed by atoms with Crippen molar-refractivity contribution in [1.29, 1.82) is 0 Å². The van der Waals surface area contributed by atoms with Crippen molar-refractivity contribution in [2.24, 2.45) is 0 Å². The van der Waals surface area contributed by atoms with Gasteiger partial charge in [0.15, 0.2) is 0 Å². The lowest BCUT2D eigenvalue weighted by Gasteiger charge is -2.28. The zero-order valence-corrected chi connectivity index (χ0v) is 22.4. The molecule has 0 fully saturated rings. The summed E-state index contributed by atoms with van der Waals surface area (Å²) in [4.78, 5) is 31.2. The number of para-hydroxylation sites is 2. The van der Waals surface area contributed by atoms with Crippen molar-refractivity contribution >= 4 is 29.0 Å². The van der Waals surface area contributed by atoms with Gasteiger partial charge < -0.3 is 24.6 Å². The van der Waals surface area contributed by atoms with Gasteiger partial charge in [-0.05, 0) is 67.1 Å². The van der Waals surface area contributed by atoms with Gasteiger partial charge in [0, 0.05) is 31.7 Å². The quantitative estimate of drug-likeness (QED) is 0.290. The summed E-state index contributed by atoms with van der Waals surface area (Å²) in [6.07, 6.45) is 0.576. The highest BCUT2D eigenvalue weighted by Gasteiger charge is 2.23. The summed E-state index contributed by atoms with van der Waals surface area (Å²) in [5, 5.41) is 4.88. The molecule has 0 aliphatic rings. The van der Waals surface area contributed by atoms with Crippen molar-refractivity contribution in [2.45, 2.75) is 33.4 Å². The number of aryl methyl sites for hydroxylation is 1. The van der Waals surface area contributed by atoms with Gasteiger partial charge in [-0.25, -0.2) is 9.18 Å². The highest BCUT2D eigenvalue weighted by Crippen LogP contribution is 2.24. The molecule has 0 spiro atoms. The van der Waals surface area contributed by atoms with Crippen molar-refractivity contribution in [3.63, 3.8) is 0 Å². The highest BCUT2D eigenvalue weighted by atomic mass is 32.1. The number of methoxy groups -OCH3 is 1. The Kier molecular flexibility index (Phi) is 10.9. The normalized spacial score (nSPS) is 10.7. The maximum absolute atomic E-state index is 13.6. The fraction of sp³-hybridized carbons (Fsp3) is 0.357. The van der Waals surface area contributed by atoms with Crippen molar-refractivity contribution in [3.8, 4) is 5.75 Å². The molecular weight excluding hydrogens is 493 g/mol. The molecule has 7 nitrogen and oxygen atoms in total. The average Bonchev–Trinajstić information content (AvgIpc) is 3.29. The molecule has 1 N–H and O–H groups in total. The molecule has 0 aliphatic carbocycles. The predicted octanol–water partition coefficient (Wildman–Crippen LogP) is 5.69. The van der Waals surface area contributed by atoms with E-state index in [9.17, 15) is 14.0 Å². The molecule has 3 aromatic rings. The lowest BCUT2D eigenvalue weighted by atomic mass is 10.2. The van der Waals surface area contributed by atoms with Gasteiger partial charge in [-0.3, -0.25) is 4.79 Å². The van der Waals surface area contributed by atoms with Crippen LogP contribution in [0.3, 0.4) is 0 Å². The molecule has 3 amide bonds. The third kappa shape index (κ3) is 8.58. The maximum atomic E-state index is 13.6. The van der Waals surface area contributed by atoms with Crippen LogP contribution >= 0.6 is 11.3 Å². The molecule has 0 atom stereocenters. The van der Waals surface area contributed by atoms with E-state index in [1.165, 1.54) is 17.0 Å². The van der Waals surface area contributed by atoms with Crippen LogP contribution in [0.15, 0.2) is 60.0 Å². The Bertz CT molecular complexity index is 1150. The number of hydrogen-bond acceptors (Lipinski definition) is 5. The standard InChI is InChI=1S/C28H34FN3O4S/c1-4-36-25-9-6-5-8-24(25)30-28(34)31(15-7-16-35-3)20-27(33)32(19-26-21(2)14-17-37-26)18-22-10-12-23(29)13-11-22/h5-6,8-14,17H,4,7,15-16,18-20H2,1-3H3,(H,30,34). The molecule has 0 bridgehead atoms. The Morgan fingerprint density at radius 3 is 2.46 bits per heavy atom. The molecule has 0 unspecified atom stereocenters. The number of thiophene rings is 1. The van der Waals surface area contributed by atoms with E-state index < -0.39 is 6.03 Å². The second-order valence-corrected chi connectivity index (χ2v) is 9.53. The zero-order valence-electron chi connectivity index (χ0n) is 21.5. The van der Waals surface area contributed by atoms with E-state index in [0.717, 1.165) is 16.0 Å². The van der Waals surface area contributed by atoms with E-state index in [2.05, 4.69) is 5.32 Å². The Balaban J connectivity index is 1.79. The number of ether oxygens (including phenoxy) is 2. The smallest absolute Gasteiger partial charge is 0.322 e. The number of amides is 3. The molecule has 3 rings (SSSR count). The van der Waals surface area contributed by atoms with Gasteiger partial charge in [0.2, 0.25) is 5.91 Å². The van der Waals surface area contributed by atoms with Gasteiger partial charge in [-0.15, -0.1) is 11.3 Å². The van der Waals surface area contributed by atoms with E-state index in [0.29, 0.717) is 50.7 Å². The fourth-order valence-corrected chi connectivity index (χ4v) is 4.66. The van der Waals surface area contributed by atoms with Gasteiger partial charge in [0.05, 0.1) is 18.8 Å². The van der Waals surface area contributed by atoms with Gasteiger partial charge in [0.1, 0.15) is 18.1 Å². The van der Waals surface area contributed by atoms with Crippen LogP contribution in [0, 0.1) is 12.7 Å². The number of anilines is 1. The van der Waals surface area contributed by atoms with Gasteiger partial charge in [-0.1, -0.05) is 24.3 Å². The topological polar surface area (TPSA) is 71.1 Å². The molecule has 1 aromatic heterocycles. The number of halogens is 1. The molecule has 0 aliphatic heterocycles. The zero-order chi connectivity index (χ0) is 26.6. The molecular formula is C28H34FN3O4S. The summed E-state index contributed by atoms with van der Waals surface area (Å²) < 4.78 is 24.2. The minimum Gasteiger partial charge on any atom is -0.492 e. The van der Waals surface area contributed by atoms with E-state index in [1.807, 2.05) is 37.4 Å². The third-order valence-corrected chi connectivity index (χ3v) is 6.77. The SMILES string of the molecule is CCOc1ccccc1NC(=O)N(CCCOC)CC(=O)N(Cc1ccc(F)cc1)Cc1sccc1C. The average molecular weight is 528 g/mol. The number of rotatable bonds is 13. The summed E-state index contributed by atoms with van der Waals surface area (Å²) in [7, 11) is 1.60. The molecule has 0 saturated heterocycles. The number of carbonyl (C=O) groups is 2. The lowest BCUT2D eigenvalue weighted by molar-refractivity contribution is -0.133. The van der Waals surface area contributed by atoms with Crippen LogP contribution in [-0.4, -0.2) is 55.2 Å². The second-order valence-electron chi connectivity index (χ2n) is 8.53. The van der Waals surface area contributed by atoms with Crippen LogP contribution in [0.4, 0.5) is 14.9 Å². The first-order chi connectivity index (χ1) is 17.9. The molecule has 0 saturated carbocycles. The van der Waals surface area contributed by atoms with E-state index in [1.54, 1.807) is 47.6 Å². The molecule has 1 heterocycles. The first kappa shape index (κ1) is 28.1. The Morgan fingerprint density at radius 2 is 1.78 bits per heavy atom. The van der Waals surface area contributed by atoms with Gasteiger partial charge in [0.25, 0.3) is 0 Å². The largest absolute Gasteiger partial charge is 0.492 e. The maximum Gasteiger partial charge on any atom is 0.322 e. The van der Waals surface area contributed by atoms with E-state index >= 15 is 0 Å². The van der Waals surface area contributed by atoms with Crippen molar-refractivity contribution < 1.29 is 23.5 Å². The fourth-order valence-electron chi connectivity index (χ4n) is 3.74. The number of nitrogens with one attached hydrogen (secondary N) is 1. The molecule has 0 radical (unpaired) electrons. The van der Waals surface area contributed by atoms with E-state index in [-0.39, 0.29) is 18.3 Å². The molecule has 198 valence electrons. The summed E-state index contributed by atoms with van der Waals surface area (Å²) >= 11 is 1.58. The number of hydrogen-bond donors (Lipinski definition) is 1. The minimum absolute atomic E-state index is 0.113. The van der Waals surface area contributed by atoms with Gasteiger partial charge >= 0.3 is 6.03 Å². The molecule has 9 heteroatoms. The lowest BCUT2D eigenvalue weighted by Crippen LogP contribution is -2.44. The first-order valence-electron chi connectivity index (χ1n) is 12.2. The van der Waals surface area contributed by atoms with E-state index in [4.69, 9.17) is 9.47 Å². The van der Waals surface area contributed by atoms with Crippen LogP contribution in [0.2, 0.25) is 0 Å².